The average Bonchev–Trinajstić information content (AvgIpc) is 2.90. The molecule has 24 heavy (non-hydrogen) atoms. The number of carbonyl (C=O) groups is 1. The Bertz CT molecular complexity index is 855. The number of hydrogen-bond acceptors (Lipinski definition) is 3. The maximum Gasteiger partial charge on any atom is 0.300 e. The zero-order valence-electron chi connectivity index (χ0n) is 13.4. The molecule has 0 fully saturated rings. The Hall–Kier alpha value is -3.28. The van der Waals surface area contributed by atoms with Gasteiger partial charge in [0.25, 0.3) is 12.2 Å². The lowest BCUT2D eigenvalue weighted by Gasteiger charge is -2.05. The molecule has 6 heteroatoms. The molecule has 3 rings (SSSR count). The van der Waals surface area contributed by atoms with Gasteiger partial charge < -0.3 is 15.3 Å². The van der Waals surface area contributed by atoms with E-state index in [0.29, 0.717) is 16.1 Å². The molecule has 122 valence electrons. The van der Waals surface area contributed by atoms with Crippen LogP contribution < -0.4 is 14.8 Å². The standard InChI is InChI=1S/C18H17N3O3/c1-13-17(18(22)19-14-6-4-3-5-7-14)21(23)12-20(13)15-8-10-16(24-2)11-9-15/h3-12H,1-2H3,(H,19,22). The number of methoxy groups -OCH3 is 1. The number of amides is 1. The van der Waals surface area contributed by atoms with Crippen molar-refractivity contribution in [2.24, 2.45) is 0 Å². The third-order valence-corrected chi connectivity index (χ3v) is 3.74. The van der Waals surface area contributed by atoms with Gasteiger partial charge in [-0.15, -0.1) is 0 Å². The van der Waals surface area contributed by atoms with Crippen molar-refractivity contribution in [3.05, 3.63) is 77.5 Å². The summed E-state index contributed by atoms with van der Waals surface area (Å²) in [7, 11) is 1.59. The number of imidazole rings is 1. The molecule has 1 N–H and O–H groups in total. The Kier molecular flexibility index (Phi) is 4.20. The average molecular weight is 323 g/mol. The smallest absolute Gasteiger partial charge is 0.300 e. The summed E-state index contributed by atoms with van der Waals surface area (Å²) in [6.07, 6.45) is 1.34. The molecule has 1 heterocycles. The van der Waals surface area contributed by atoms with Crippen LogP contribution in [-0.2, 0) is 0 Å². The van der Waals surface area contributed by atoms with Crippen LogP contribution in [0, 0.1) is 12.1 Å². The van der Waals surface area contributed by atoms with Crippen LogP contribution in [0.15, 0.2) is 60.9 Å². The SMILES string of the molecule is COc1ccc(-n2c[n+]([O-])c(C(=O)Nc3ccccc3)c2C)cc1. The Morgan fingerprint density at radius 2 is 1.79 bits per heavy atom. The Morgan fingerprint density at radius 1 is 1.12 bits per heavy atom. The minimum absolute atomic E-state index is 0.0645. The van der Waals surface area contributed by atoms with Gasteiger partial charge in [0.1, 0.15) is 11.4 Å². The molecule has 0 saturated carbocycles. The Balaban J connectivity index is 1.92. The van der Waals surface area contributed by atoms with Crippen LogP contribution in [0.1, 0.15) is 16.2 Å². The normalized spacial score (nSPS) is 10.4. The second kappa shape index (κ2) is 6.45. The molecule has 0 saturated heterocycles. The number of benzene rings is 2. The van der Waals surface area contributed by atoms with Crippen molar-refractivity contribution in [3.8, 4) is 11.4 Å². The van der Waals surface area contributed by atoms with Crippen molar-refractivity contribution in [2.75, 3.05) is 12.4 Å². The molecule has 0 aliphatic carbocycles. The first-order valence-electron chi connectivity index (χ1n) is 7.42. The molecule has 0 atom stereocenters. The van der Waals surface area contributed by atoms with Crippen molar-refractivity contribution < 1.29 is 14.3 Å². The minimum Gasteiger partial charge on any atom is -0.710 e. The van der Waals surface area contributed by atoms with E-state index in [0.717, 1.165) is 11.4 Å². The number of carbonyl (C=O) groups excluding carboxylic acids is 1. The van der Waals surface area contributed by atoms with Crippen molar-refractivity contribution in [1.29, 1.82) is 0 Å². The van der Waals surface area contributed by atoms with Gasteiger partial charge in [0.05, 0.1) is 7.11 Å². The lowest BCUT2D eigenvalue weighted by atomic mass is 10.2. The highest BCUT2D eigenvalue weighted by molar-refractivity contribution is 6.02. The van der Waals surface area contributed by atoms with Gasteiger partial charge in [-0.2, -0.15) is 4.57 Å². The molecule has 0 unspecified atom stereocenters. The fourth-order valence-corrected chi connectivity index (χ4v) is 2.50. The number of para-hydroxylation sites is 1. The first kappa shape index (κ1) is 15.6. The summed E-state index contributed by atoms with van der Waals surface area (Å²) in [5.74, 6) is 0.279. The van der Waals surface area contributed by atoms with E-state index in [1.165, 1.54) is 6.33 Å². The highest BCUT2D eigenvalue weighted by Gasteiger charge is 2.24. The van der Waals surface area contributed by atoms with Crippen LogP contribution >= 0.6 is 0 Å². The number of aromatic nitrogens is 2. The second-order valence-corrected chi connectivity index (χ2v) is 5.26. The monoisotopic (exact) mass is 323 g/mol. The first-order chi connectivity index (χ1) is 11.6. The van der Waals surface area contributed by atoms with Crippen molar-refractivity contribution >= 4 is 11.6 Å². The summed E-state index contributed by atoms with van der Waals surface area (Å²) in [6, 6.07) is 16.3. The zero-order valence-corrected chi connectivity index (χ0v) is 13.4. The number of nitrogens with zero attached hydrogens (tertiary/aromatic N) is 2. The maximum absolute atomic E-state index is 12.4. The van der Waals surface area contributed by atoms with E-state index in [-0.39, 0.29) is 5.69 Å². The van der Waals surface area contributed by atoms with Crippen LogP contribution in [0.5, 0.6) is 5.75 Å². The van der Waals surface area contributed by atoms with Gasteiger partial charge in [0, 0.05) is 12.6 Å². The van der Waals surface area contributed by atoms with Crippen LogP contribution in [0.3, 0.4) is 0 Å². The van der Waals surface area contributed by atoms with Crippen LogP contribution in [0.25, 0.3) is 5.69 Å². The topological polar surface area (TPSA) is 70.2 Å². The van der Waals surface area contributed by atoms with Gasteiger partial charge in [0.15, 0.2) is 5.69 Å². The number of nitrogens with one attached hydrogen (secondary N) is 1. The second-order valence-electron chi connectivity index (χ2n) is 5.26. The summed E-state index contributed by atoms with van der Waals surface area (Å²) in [4.78, 5) is 12.4. The summed E-state index contributed by atoms with van der Waals surface area (Å²) < 4.78 is 7.38. The van der Waals surface area contributed by atoms with Crippen LogP contribution in [0.4, 0.5) is 5.69 Å². The van der Waals surface area contributed by atoms with E-state index in [2.05, 4.69) is 5.32 Å². The lowest BCUT2D eigenvalue weighted by Crippen LogP contribution is -2.34. The fourth-order valence-electron chi connectivity index (χ4n) is 2.50. The molecule has 0 aliphatic rings. The fraction of sp³-hybridized carbons (Fsp3) is 0.111. The number of anilines is 1. The summed E-state index contributed by atoms with van der Waals surface area (Å²) in [5.41, 5.74) is 2.04. The third kappa shape index (κ3) is 2.94. The van der Waals surface area contributed by atoms with E-state index >= 15 is 0 Å². The molecular weight excluding hydrogens is 306 g/mol. The molecule has 2 aromatic carbocycles. The van der Waals surface area contributed by atoms with Crippen molar-refractivity contribution in [2.45, 2.75) is 6.92 Å². The maximum atomic E-state index is 12.4. The van der Waals surface area contributed by atoms with Gasteiger partial charge in [-0.25, -0.2) is 4.73 Å². The van der Waals surface area contributed by atoms with Gasteiger partial charge in [-0.05, 0) is 36.4 Å². The summed E-state index contributed by atoms with van der Waals surface area (Å²) in [6.45, 7) is 1.73. The van der Waals surface area contributed by atoms with E-state index in [9.17, 15) is 10.0 Å². The molecule has 0 aliphatic heterocycles. The van der Waals surface area contributed by atoms with Crippen LogP contribution in [0.2, 0.25) is 0 Å². The number of rotatable bonds is 4. The molecule has 1 amide bonds. The van der Waals surface area contributed by atoms with E-state index in [4.69, 9.17) is 4.74 Å². The molecule has 0 bridgehead atoms. The predicted octanol–water partition coefficient (Wildman–Crippen LogP) is 2.68. The molecule has 3 aromatic rings. The highest BCUT2D eigenvalue weighted by atomic mass is 16.5. The molecule has 6 nitrogen and oxygen atoms in total. The van der Waals surface area contributed by atoms with Crippen LogP contribution in [-0.4, -0.2) is 17.6 Å². The van der Waals surface area contributed by atoms with Gasteiger partial charge in [-0.1, -0.05) is 18.2 Å². The van der Waals surface area contributed by atoms with E-state index in [1.54, 1.807) is 42.9 Å². The summed E-state index contributed by atoms with van der Waals surface area (Å²) in [5, 5.41) is 14.9. The Morgan fingerprint density at radius 3 is 2.42 bits per heavy atom. The van der Waals surface area contributed by atoms with E-state index in [1.807, 2.05) is 30.3 Å². The largest absolute Gasteiger partial charge is 0.710 e. The highest BCUT2D eigenvalue weighted by Crippen LogP contribution is 2.18. The van der Waals surface area contributed by atoms with Gasteiger partial charge >= 0.3 is 0 Å². The Labute approximate surface area is 139 Å². The van der Waals surface area contributed by atoms with Gasteiger partial charge in [0.2, 0.25) is 5.69 Å². The molecule has 0 spiro atoms. The first-order valence-corrected chi connectivity index (χ1v) is 7.42. The minimum atomic E-state index is -0.444. The van der Waals surface area contributed by atoms with Crippen molar-refractivity contribution in [1.82, 2.24) is 4.57 Å². The van der Waals surface area contributed by atoms with Crippen molar-refractivity contribution in [3.63, 3.8) is 0 Å². The van der Waals surface area contributed by atoms with E-state index < -0.39 is 5.91 Å². The summed E-state index contributed by atoms with van der Waals surface area (Å²) >= 11 is 0. The molecular formula is C18H17N3O3. The number of hydrogen-bond donors (Lipinski definition) is 1. The quantitative estimate of drug-likeness (QED) is 0.593. The molecule has 0 radical (unpaired) electrons. The lowest BCUT2D eigenvalue weighted by molar-refractivity contribution is -0.606. The molecule has 1 aromatic heterocycles. The predicted molar refractivity (Wildman–Crippen MR) is 90.4 cm³/mol. The zero-order chi connectivity index (χ0) is 17.1. The third-order valence-electron chi connectivity index (χ3n) is 3.74. The van der Waals surface area contributed by atoms with Gasteiger partial charge in [-0.3, -0.25) is 4.79 Å². The number of ether oxygens (including phenoxy) is 1.